The molecule has 0 atom stereocenters. The summed E-state index contributed by atoms with van der Waals surface area (Å²) in [6.45, 7) is 4.68. The summed E-state index contributed by atoms with van der Waals surface area (Å²) in [5, 5.41) is 5.62. The fourth-order valence-corrected chi connectivity index (χ4v) is 4.02. The van der Waals surface area contributed by atoms with Gasteiger partial charge in [0.25, 0.3) is 0 Å². The number of aromatic nitrogens is 1. The van der Waals surface area contributed by atoms with Crippen molar-refractivity contribution in [1.29, 1.82) is 0 Å². The fraction of sp³-hybridized carbons (Fsp3) is 0.150. The Labute approximate surface area is 177 Å². The summed E-state index contributed by atoms with van der Waals surface area (Å²) in [4.78, 5) is 0. The second-order valence-corrected chi connectivity index (χ2v) is 7.88. The Bertz CT molecular complexity index is 943. The zero-order valence-electron chi connectivity index (χ0n) is 14.4. The maximum Gasteiger partial charge on any atom is 0.0609 e. The quantitative estimate of drug-likeness (QED) is 0.256. The average Bonchev–Trinajstić information content (AvgIpc) is 2.88. The van der Waals surface area contributed by atoms with Gasteiger partial charge in [0.2, 0.25) is 0 Å². The highest BCUT2D eigenvalue weighted by Gasteiger charge is 2.11. The summed E-state index contributed by atoms with van der Waals surface area (Å²) in [6.07, 6.45) is 1.83. The topological polar surface area (TPSA) is 29.3 Å². The lowest BCUT2D eigenvalue weighted by molar-refractivity contribution is 0.748. The van der Waals surface area contributed by atoms with Gasteiger partial charge in [-0.15, -0.1) is 0 Å². The molecule has 1 heterocycles. The maximum atomic E-state index is 6.18. The molecule has 0 fully saturated rings. The molecule has 2 aromatic carbocycles. The second-order valence-electron chi connectivity index (χ2n) is 5.91. The molecule has 0 bridgehead atoms. The number of benzene rings is 2. The largest absolute Gasteiger partial charge is 0.317 e. The van der Waals surface area contributed by atoms with Crippen LogP contribution in [0.3, 0.4) is 0 Å². The molecule has 0 unspecified atom stereocenters. The predicted octanol–water partition coefficient (Wildman–Crippen LogP) is 6.13. The van der Waals surface area contributed by atoms with E-state index in [0.29, 0.717) is 16.6 Å². The molecular weight excluding hydrogens is 480 g/mol. The Morgan fingerprint density at radius 1 is 1.08 bits per heavy atom. The van der Waals surface area contributed by atoms with Crippen LogP contribution in [0.15, 0.2) is 53.6 Å². The molecule has 0 aliphatic carbocycles. The standard InChI is InChI=1S/C20H18Cl2IN3/c1-13-10-15(14(2)26(13)20-9-4-3-8-19(20)23)11-24-25-12-16-17(21)6-5-7-18(16)22/h3-11,25H,12H2,1-2H3/b24-11-. The van der Waals surface area contributed by atoms with Crippen LogP contribution in [0.25, 0.3) is 5.69 Å². The van der Waals surface area contributed by atoms with Gasteiger partial charge in [0, 0.05) is 36.1 Å². The molecule has 1 N–H and O–H groups in total. The number of hydrogen-bond donors (Lipinski definition) is 1. The number of halogens is 3. The van der Waals surface area contributed by atoms with E-state index < -0.39 is 0 Å². The van der Waals surface area contributed by atoms with Gasteiger partial charge in [0.15, 0.2) is 0 Å². The van der Waals surface area contributed by atoms with Crippen molar-refractivity contribution in [3.63, 3.8) is 0 Å². The van der Waals surface area contributed by atoms with Crippen LogP contribution < -0.4 is 5.43 Å². The van der Waals surface area contributed by atoms with Crippen molar-refractivity contribution in [2.45, 2.75) is 20.4 Å². The van der Waals surface area contributed by atoms with Gasteiger partial charge in [0.1, 0.15) is 0 Å². The van der Waals surface area contributed by atoms with Crippen molar-refractivity contribution in [1.82, 2.24) is 9.99 Å². The smallest absolute Gasteiger partial charge is 0.0609 e. The summed E-state index contributed by atoms with van der Waals surface area (Å²) in [7, 11) is 0. The third-order valence-electron chi connectivity index (χ3n) is 4.18. The van der Waals surface area contributed by atoms with Crippen LogP contribution in [0.5, 0.6) is 0 Å². The molecule has 6 heteroatoms. The Morgan fingerprint density at radius 3 is 2.46 bits per heavy atom. The molecule has 0 spiro atoms. The predicted molar refractivity (Wildman–Crippen MR) is 119 cm³/mol. The van der Waals surface area contributed by atoms with Gasteiger partial charge < -0.3 is 9.99 Å². The number of hydrazone groups is 1. The van der Waals surface area contributed by atoms with Gasteiger partial charge >= 0.3 is 0 Å². The maximum absolute atomic E-state index is 6.18. The van der Waals surface area contributed by atoms with Gasteiger partial charge in [-0.2, -0.15) is 5.10 Å². The summed E-state index contributed by atoms with van der Waals surface area (Å²) < 4.78 is 3.45. The first kappa shape index (κ1) is 19.3. The van der Waals surface area contributed by atoms with Crippen molar-refractivity contribution in [2.24, 2.45) is 5.10 Å². The summed E-state index contributed by atoms with van der Waals surface area (Å²) >= 11 is 14.7. The van der Waals surface area contributed by atoms with Crippen LogP contribution in [0.1, 0.15) is 22.5 Å². The Morgan fingerprint density at radius 2 is 1.77 bits per heavy atom. The lowest BCUT2D eigenvalue weighted by Gasteiger charge is -2.11. The van der Waals surface area contributed by atoms with E-state index in [-0.39, 0.29) is 0 Å². The highest BCUT2D eigenvalue weighted by Crippen LogP contribution is 2.25. The minimum absolute atomic E-state index is 0.477. The van der Waals surface area contributed by atoms with E-state index in [1.807, 2.05) is 30.5 Å². The molecule has 3 aromatic rings. The third kappa shape index (κ3) is 4.08. The first-order valence-electron chi connectivity index (χ1n) is 8.11. The average molecular weight is 498 g/mol. The molecule has 0 aliphatic heterocycles. The van der Waals surface area contributed by atoms with Gasteiger partial charge in [-0.3, -0.25) is 0 Å². The minimum Gasteiger partial charge on any atom is -0.317 e. The highest BCUT2D eigenvalue weighted by atomic mass is 127. The van der Waals surface area contributed by atoms with E-state index in [9.17, 15) is 0 Å². The molecule has 1 aromatic heterocycles. The van der Waals surface area contributed by atoms with Crippen molar-refractivity contribution >= 4 is 52.0 Å². The van der Waals surface area contributed by atoms with E-state index >= 15 is 0 Å². The third-order valence-corrected chi connectivity index (χ3v) is 5.80. The summed E-state index contributed by atoms with van der Waals surface area (Å²) in [6, 6.07) is 15.9. The molecule has 0 aliphatic rings. The summed E-state index contributed by atoms with van der Waals surface area (Å²) in [5.74, 6) is 0. The Balaban J connectivity index is 1.78. The highest BCUT2D eigenvalue weighted by molar-refractivity contribution is 14.1. The molecule has 3 nitrogen and oxygen atoms in total. The first-order chi connectivity index (χ1) is 12.5. The van der Waals surface area contributed by atoms with Crippen LogP contribution in [0.2, 0.25) is 10.0 Å². The molecule has 3 rings (SSSR count). The van der Waals surface area contributed by atoms with E-state index in [1.165, 1.54) is 15.0 Å². The fourth-order valence-electron chi connectivity index (χ4n) is 2.86. The molecule has 134 valence electrons. The Kier molecular flexibility index (Phi) is 6.27. The number of para-hydroxylation sites is 1. The van der Waals surface area contributed by atoms with Gasteiger partial charge in [-0.25, -0.2) is 0 Å². The van der Waals surface area contributed by atoms with Gasteiger partial charge in [-0.1, -0.05) is 41.4 Å². The molecule has 0 radical (unpaired) electrons. The Hall–Kier alpha value is -1.50. The van der Waals surface area contributed by atoms with Crippen molar-refractivity contribution in [3.05, 3.63) is 84.7 Å². The minimum atomic E-state index is 0.477. The lowest BCUT2D eigenvalue weighted by atomic mass is 10.2. The second kappa shape index (κ2) is 8.46. The normalized spacial score (nSPS) is 11.3. The van der Waals surface area contributed by atoms with E-state index in [1.54, 1.807) is 0 Å². The van der Waals surface area contributed by atoms with Crippen LogP contribution in [-0.2, 0) is 6.54 Å². The SMILES string of the molecule is Cc1cc(/C=N\NCc2c(Cl)cccc2Cl)c(C)n1-c1ccccc1I. The number of nitrogens with zero attached hydrogens (tertiary/aromatic N) is 2. The zero-order chi connectivity index (χ0) is 18.7. The molecule has 0 saturated carbocycles. The molecule has 0 amide bonds. The number of hydrogen-bond acceptors (Lipinski definition) is 2. The molecule has 26 heavy (non-hydrogen) atoms. The van der Waals surface area contributed by atoms with Gasteiger partial charge in [-0.05, 0) is 66.8 Å². The van der Waals surface area contributed by atoms with Crippen molar-refractivity contribution < 1.29 is 0 Å². The number of rotatable bonds is 5. The van der Waals surface area contributed by atoms with E-state index in [2.05, 4.69) is 75.8 Å². The van der Waals surface area contributed by atoms with Crippen LogP contribution >= 0.6 is 45.8 Å². The van der Waals surface area contributed by atoms with Crippen molar-refractivity contribution in [2.75, 3.05) is 0 Å². The van der Waals surface area contributed by atoms with E-state index in [0.717, 1.165) is 16.8 Å². The molecule has 0 saturated heterocycles. The monoisotopic (exact) mass is 497 g/mol. The van der Waals surface area contributed by atoms with Crippen LogP contribution in [0, 0.1) is 17.4 Å². The van der Waals surface area contributed by atoms with Crippen LogP contribution in [0.4, 0.5) is 0 Å². The number of aryl methyl sites for hydroxylation is 1. The number of nitrogens with one attached hydrogen (secondary N) is 1. The first-order valence-corrected chi connectivity index (χ1v) is 9.95. The van der Waals surface area contributed by atoms with Crippen molar-refractivity contribution in [3.8, 4) is 5.69 Å². The summed E-state index contributed by atoms with van der Waals surface area (Å²) in [5.41, 5.74) is 8.44. The lowest BCUT2D eigenvalue weighted by Crippen LogP contribution is -2.07. The van der Waals surface area contributed by atoms with Crippen LogP contribution in [-0.4, -0.2) is 10.8 Å². The van der Waals surface area contributed by atoms with E-state index in [4.69, 9.17) is 23.2 Å². The zero-order valence-corrected chi connectivity index (χ0v) is 18.1. The molecular formula is C20H18Cl2IN3. The van der Waals surface area contributed by atoms with Gasteiger partial charge in [0.05, 0.1) is 18.4 Å².